The molecule has 2 N–H and O–H groups in total. The van der Waals surface area contributed by atoms with Crippen LogP contribution in [0.25, 0.3) is 0 Å². The molecule has 0 aliphatic rings. The van der Waals surface area contributed by atoms with E-state index >= 15 is 0 Å². The minimum Gasteiger partial charge on any atom is -0.444 e. The maximum Gasteiger partial charge on any atom is 0.412 e. The molecule has 0 spiro atoms. The first-order valence-corrected chi connectivity index (χ1v) is 6.90. The van der Waals surface area contributed by atoms with Gasteiger partial charge in [-0.15, -0.1) is 0 Å². The van der Waals surface area contributed by atoms with Crippen LogP contribution in [0.15, 0.2) is 24.3 Å². The predicted octanol–water partition coefficient (Wildman–Crippen LogP) is 3.57. The number of hydrogen-bond acceptors (Lipinski definition) is 3. The van der Waals surface area contributed by atoms with Crippen LogP contribution in [0, 0.1) is 0 Å². The Morgan fingerprint density at radius 2 is 1.75 bits per heavy atom. The van der Waals surface area contributed by atoms with Gasteiger partial charge in [-0.3, -0.25) is 5.32 Å². The summed E-state index contributed by atoms with van der Waals surface area (Å²) in [7, 11) is 1.93. The third kappa shape index (κ3) is 5.61. The van der Waals surface area contributed by atoms with Crippen molar-refractivity contribution >= 4 is 11.8 Å². The van der Waals surface area contributed by atoms with Crippen LogP contribution in [0.5, 0.6) is 0 Å². The molecule has 1 aromatic carbocycles. The van der Waals surface area contributed by atoms with E-state index in [4.69, 9.17) is 4.74 Å². The molecule has 1 aromatic rings. The largest absolute Gasteiger partial charge is 0.444 e. The van der Waals surface area contributed by atoms with Gasteiger partial charge in [0.2, 0.25) is 0 Å². The monoisotopic (exact) mass is 278 g/mol. The lowest BCUT2D eigenvalue weighted by molar-refractivity contribution is 0.0635. The summed E-state index contributed by atoms with van der Waals surface area (Å²) in [4.78, 5) is 11.9. The summed E-state index contributed by atoms with van der Waals surface area (Å²) in [6, 6.07) is 7.79. The Balaban J connectivity index is 2.83. The molecule has 20 heavy (non-hydrogen) atoms. The third-order valence-corrected chi connectivity index (χ3v) is 2.96. The zero-order chi connectivity index (χ0) is 15.4. The van der Waals surface area contributed by atoms with Crippen molar-refractivity contribution < 1.29 is 9.53 Å². The molecule has 0 fully saturated rings. The maximum atomic E-state index is 11.9. The molecular formula is C16H26N2O2. The molecule has 0 heterocycles. The van der Waals surface area contributed by atoms with Crippen LogP contribution in [0.1, 0.15) is 40.2 Å². The lowest BCUT2D eigenvalue weighted by Crippen LogP contribution is -2.38. The smallest absolute Gasteiger partial charge is 0.412 e. The van der Waals surface area contributed by atoms with E-state index in [9.17, 15) is 4.79 Å². The van der Waals surface area contributed by atoms with Gasteiger partial charge in [0, 0.05) is 11.2 Å². The lowest BCUT2D eigenvalue weighted by atomic mass is 9.94. The minimum absolute atomic E-state index is 0.0360. The summed E-state index contributed by atoms with van der Waals surface area (Å²) in [5.74, 6) is 0. The highest BCUT2D eigenvalue weighted by Crippen LogP contribution is 2.21. The molecule has 4 heteroatoms. The predicted molar refractivity (Wildman–Crippen MR) is 83.1 cm³/mol. The highest BCUT2D eigenvalue weighted by atomic mass is 16.6. The van der Waals surface area contributed by atoms with Gasteiger partial charge in [0.25, 0.3) is 0 Å². The van der Waals surface area contributed by atoms with Crippen molar-refractivity contribution in [3.8, 4) is 0 Å². The number of likely N-dealkylation sites (N-methyl/N-ethyl adjacent to an activating group) is 1. The second-order valence-corrected chi connectivity index (χ2v) is 6.59. The number of rotatable bonds is 4. The summed E-state index contributed by atoms with van der Waals surface area (Å²) in [6.45, 7) is 9.79. The quantitative estimate of drug-likeness (QED) is 0.885. The van der Waals surface area contributed by atoms with E-state index in [2.05, 4.69) is 24.5 Å². The SMILES string of the molecule is CNC(C)(C)Cc1ccccc1NC(=O)OC(C)(C)C. The fraction of sp³-hybridized carbons (Fsp3) is 0.562. The molecule has 0 radical (unpaired) electrons. The fourth-order valence-corrected chi connectivity index (χ4v) is 1.77. The molecule has 4 nitrogen and oxygen atoms in total. The Morgan fingerprint density at radius 3 is 2.30 bits per heavy atom. The number of para-hydroxylation sites is 1. The summed E-state index contributed by atoms with van der Waals surface area (Å²) in [5, 5.41) is 6.09. The third-order valence-electron chi connectivity index (χ3n) is 2.96. The lowest BCUT2D eigenvalue weighted by Gasteiger charge is -2.26. The van der Waals surface area contributed by atoms with Gasteiger partial charge >= 0.3 is 6.09 Å². The molecule has 112 valence electrons. The van der Waals surface area contributed by atoms with E-state index in [1.54, 1.807) is 0 Å². The van der Waals surface area contributed by atoms with E-state index in [1.807, 2.05) is 52.1 Å². The average molecular weight is 278 g/mol. The standard InChI is InChI=1S/C16H26N2O2/c1-15(2,3)20-14(19)18-13-10-8-7-9-12(13)11-16(4,5)17-6/h7-10,17H,11H2,1-6H3,(H,18,19). The van der Waals surface area contributed by atoms with Gasteiger partial charge in [-0.25, -0.2) is 4.79 Å². The Bertz CT molecular complexity index is 462. The van der Waals surface area contributed by atoms with Crippen molar-refractivity contribution in [1.29, 1.82) is 0 Å². The Kier molecular flexibility index (Phi) is 5.17. The van der Waals surface area contributed by atoms with Gasteiger partial charge in [-0.05, 0) is 59.7 Å². The summed E-state index contributed by atoms with van der Waals surface area (Å²) in [6.07, 6.45) is 0.391. The van der Waals surface area contributed by atoms with Crippen molar-refractivity contribution in [3.63, 3.8) is 0 Å². The van der Waals surface area contributed by atoms with Crippen LogP contribution in [-0.4, -0.2) is 24.3 Å². The summed E-state index contributed by atoms with van der Waals surface area (Å²) < 4.78 is 5.29. The molecule has 0 aliphatic carbocycles. The molecule has 0 unspecified atom stereocenters. The average Bonchev–Trinajstić information content (AvgIpc) is 2.29. The number of benzene rings is 1. The highest BCUT2D eigenvalue weighted by Gasteiger charge is 2.20. The minimum atomic E-state index is -0.497. The first-order valence-electron chi connectivity index (χ1n) is 6.90. The number of carbonyl (C=O) groups excluding carboxylic acids is 1. The van der Waals surface area contributed by atoms with Crippen molar-refractivity contribution in [2.45, 2.75) is 52.2 Å². The van der Waals surface area contributed by atoms with E-state index in [1.165, 1.54) is 0 Å². The topological polar surface area (TPSA) is 50.4 Å². The van der Waals surface area contributed by atoms with Gasteiger partial charge < -0.3 is 10.1 Å². The number of ether oxygens (including phenoxy) is 1. The van der Waals surface area contributed by atoms with E-state index in [-0.39, 0.29) is 5.54 Å². The Labute approximate surface area is 121 Å². The molecule has 0 saturated heterocycles. The van der Waals surface area contributed by atoms with Gasteiger partial charge in [0.15, 0.2) is 0 Å². The first-order chi connectivity index (χ1) is 9.13. The van der Waals surface area contributed by atoms with E-state index < -0.39 is 11.7 Å². The van der Waals surface area contributed by atoms with Crippen molar-refractivity contribution in [1.82, 2.24) is 5.32 Å². The molecule has 0 bridgehead atoms. The van der Waals surface area contributed by atoms with Gasteiger partial charge in [-0.2, -0.15) is 0 Å². The molecule has 0 aromatic heterocycles. The first kappa shape index (κ1) is 16.5. The van der Waals surface area contributed by atoms with Crippen LogP contribution >= 0.6 is 0 Å². The zero-order valence-electron chi connectivity index (χ0n) is 13.3. The maximum absolute atomic E-state index is 11.9. The van der Waals surface area contributed by atoms with Gasteiger partial charge in [0.1, 0.15) is 5.60 Å². The van der Waals surface area contributed by atoms with Crippen molar-refractivity contribution in [3.05, 3.63) is 29.8 Å². The van der Waals surface area contributed by atoms with Crippen molar-refractivity contribution in [2.24, 2.45) is 0 Å². The van der Waals surface area contributed by atoms with E-state index in [0.717, 1.165) is 17.7 Å². The number of carbonyl (C=O) groups is 1. The molecule has 1 amide bonds. The molecule has 0 aliphatic heterocycles. The Hall–Kier alpha value is -1.55. The van der Waals surface area contributed by atoms with Gasteiger partial charge in [-0.1, -0.05) is 18.2 Å². The molecule has 0 atom stereocenters. The number of amides is 1. The second-order valence-electron chi connectivity index (χ2n) is 6.59. The molecule has 1 rings (SSSR count). The van der Waals surface area contributed by atoms with Crippen LogP contribution in [0.2, 0.25) is 0 Å². The van der Waals surface area contributed by atoms with E-state index in [0.29, 0.717) is 0 Å². The van der Waals surface area contributed by atoms with Gasteiger partial charge in [0.05, 0.1) is 0 Å². The number of nitrogens with one attached hydrogen (secondary N) is 2. The van der Waals surface area contributed by atoms with Crippen LogP contribution in [0.4, 0.5) is 10.5 Å². The molecule has 0 saturated carbocycles. The summed E-state index contributed by atoms with van der Waals surface area (Å²) >= 11 is 0. The van der Waals surface area contributed by atoms with Crippen LogP contribution in [-0.2, 0) is 11.2 Å². The number of hydrogen-bond donors (Lipinski definition) is 2. The van der Waals surface area contributed by atoms with Crippen molar-refractivity contribution in [2.75, 3.05) is 12.4 Å². The normalized spacial score (nSPS) is 12.1. The fourth-order valence-electron chi connectivity index (χ4n) is 1.77. The zero-order valence-corrected chi connectivity index (χ0v) is 13.3. The number of anilines is 1. The highest BCUT2D eigenvalue weighted by molar-refractivity contribution is 5.86. The van der Waals surface area contributed by atoms with Crippen LogP contribution < -0.4 is 10.6 Å². The Morgan fingerprint density at radius 1 is 1.15 bits per heavy atom. The van der Waals surface area contributed by atoms with Crippen LogP contribution in [0.3, 0.4) is 0 Å². The molecular weight excluding hydrogens is 252 g/mol. The summed E-state index contributed by atoms with van der Waals surface area (Å²) in [5.41, 5.74) is 1.34. The second kappa shape index (κ2) is 6.27.